The topological polar surface area (TPSA) is 46.3 Å². The normalized spacial score (nSPS) is 11.8. The monoisotopic (exact) mass is 182 g/mol. The molecule has 0 aliphatic carbocycles. The van der Waals surface area contributed by atoms with Crippen LogP contribution < -0.4 is 5.73 Å². The highest BCUT2D eigenvalue weighted by molar-refractivity contribution is 5.81. The number of rotatable bonds is 5. The molecule has 0 radical (unpaired) electrons. The highest BCUT2D eigenvalue weighted by atomic mass is 16.2. The molecule has 0 fully saturated rings. The van der Waals surface area contributed by atoms with E-state index in [-0.39, 0.29) is 5.91 Å². The Morgan fingerprint density at radius 2 is 2.23 bits per heavy atom. The minimum Gasteiger partial charge on any atom is -0.342 e. The molecule has 1 unspecified atom stereocenters. The second-order valence-corrected chi connectivity index (χ2v) is 2.93. The van der Waals surface area contributed by atoms with E-state index in [0.29, 0.717) is 13.0 Å². The maximum absolute atomic E-state index is 11.6. The van der Waals surface area contributed by atoms with E-state index < -0.39 is 6.04 Å². The predicted molar refractivity (Wildman–Crippen MR) is 54.0 cm³/mol. The maximum Gasteiger partial charge on any atom is 0.240 e. The summed E-state index contributed by atoms with van der Waals surface area (Å²) in [5, 5.41) is 0. The SMILES string of the molecule is C#CCC(N)C(=O)N(CC)CCC. The second-order valence-electron chi connectivity index (χ2n) is 2.93. The number of carbonyl (C=O) groups excluding carboxylic acids is 1. The van der Waals surface area contributed by atoms with Crippen LogP contribution in [0.4, 0.5) is 0 Å². The standard InChI is InChI=1S/C10H18N2O/c1-4-7-9(11)10(13)12(6-3)8-5-2/h1,9H,5-8,11H2,2-3H3. The van der Waals surface area contributed by atoms with Crippen molar-refractivity contribution >= 4 is 5.91 Å². The first-order valence-electron chi connectivity index (χ1n) is 4.65. The number of likely N-dealkylation sites (N-methyl/N-ethyl adjacent to an activating group) is 1. The van der Waals surface area contributed by atoms with Crippen LogP contribution in [0.2, 0.25) is 0 Å². The molecule has 0 aliphatic heterocycles. The van der Waals surface area contributed by atoms with Gasteiger partial charge >= 0.3 is 0 Å². The third kappa shape index (κ3) is 3.95. The Kier molecular flexibility index (Phi) is 5.99. The Labute approximate surface area is 80.3 Å². The van der Waals surface area contributed by atoms with Gasteiger partial charge in [0.15, 0.2) is 0 Å². The van der Waals surface area contributed by atoms with Gasteiger partial charge in [0, 0.05) is 19.5 Å². The molecule has 0 bridgehead atoms. The Balaban J connectivity index is 4.12. The van der Waals surface area contributed by atoms with Gasteiger partial charge in [-0.2, -0.15) is 0 Å². The van der Waals surface area contributed by atoms with E-state index in [4.69, 9.17) is 12.2 Å². The Bertz CT molecular complexity index is 196. The number of nitrogens with zero attached hydrogens (tertiary/aromatic N) is 1. The quantitative estimate of drug-likeness (QED) is 0.633. The molecule has 0 heterocycles. The van der Waals surface area contributed by atoms with E-state index in [0.717, 1.165) is 13.0 Å². The molecule has 0 spiro atoms. The Morgan fingerprint density at radius 1 is 1.62 bits per heavy atom. The molecule has 0 aliphatic rings. The summed E-state index contributed by atoms with van der Waals surface area (Å²) in [6.07, 6.45) is 6.35. The number of hydrogen-bond acceptors (Lipinski definition) is 2. The van der Waals surface area contributed by atoms with Crippen molar-refractivity contribution in [3.05, 3.63) is 0 Å². The summed E-state index contributed by atoms with van der Waals surface area (Å²) in [6, 6.07) is -0.531. The lowest BCUT2D eigenvalue weighted by Crippen LogP contribution is -2.43. The van der Waals surface area contributed by atoms with E-state index in [1.807, 2.05) is 13.8 Å². The second kappa shape index (κ2) is 6.50. The largest absolute Gasteiger partial charge is 0.342 e. The first-order valence-corrected chi connectivity index (χ1v) is 4.65. The average molecular weight is 182 g/mol. The zero-order valence-electron chi connectivity index (χ0n) is 8.42. The number of nitrogens with two attached hydrogens (primary N) is 1. The van der Waals surface area contributed by atoms with Gasteiger partial charge in [0.25, 0.3) is 0 Å². The minimum absolute atomic E-state index is 0.0395. The number of carbonyl (C=O) groups is 1. The molecule has 0 saturated heterocycles. The third-order valence-corrected chi connectivity index (χ3v) is 1.84. The highest BCUT2D eigenvalue weighted by Gasteiger charge is 2.17. The Hall–Kier alpha value is -1.01. The molecule has 2 N–H and O–H groups in total. The summed E-state index contributed by atoms with van der Waals surface area (Å²) < 4.78 is 0. The summed E-state index contributed by atoms with van der Waals surface area (Å²) in [6.45, 7) is 5.43. The molecule has 0 aromatic heterocycles. The smallest absolute Gasteiger partial charge is 0.240 e. The fourth-order valence-corrected chi connectivity index (χ4v) is 1.14. The van der Waals surface area contributed by atoms with E-state index in [2.05, 4.69) is 5.92 Å². The van der Waals surface area contributed by atoms with Crippen LogP contribution in [0.1, 0.15) is 26.7 Å². The average Bonchev–Trinajstić information content (AvgIpc) is 2.13. The van der Waals surface area contributed by atoms with Crippen LogP contribution in [-0.4, -0.2) is 29.9 Å². The number of hydrogen-bond donors (Lipinski definition) is 1. The van der Waals surface area contributed by atoms with E-state index in [9.17, 15) is 4.79 Å². The van der Waals surface area contributed by atoms with E-state index in [1.54, 1.807) is 4.90 Å². The van der Waals surface area contributed by atoms with Gasteiger partial charge < -0.3 is 10.6 Å². The lowest BCUT2D eigenvalue weighted by atomic mass is 10.2. The number of amides is 1. The minimum atomic E-state index is -0.531. The molecule has 1 amide bonds. The fourth-order valence-electron chi connectivity index (χ4n) is 1.14. The maximum atomic E-state index is 11.6. The third-order valence-electron chi connectivity index (χ3n) is 1.84. The molecule has 74 valence electrons. The molecule has 3 heteroatoms. The first-order chi connectivity index (χ1) is 6.17. The summed E-state index contributed by atoms with van der Waals surface area (Å²) in [4.78, 5) is 13.3. The summed E-state index contributed by atoms with van der Waals surface area (Å²) in [7, 11) is 0. The number of terminal acetylenes is 1. The van der Waals surface area contributed by atoms with Crippen molar-refractivity contribution in [1.29, 1.82) is 0 Å². The summed E-state index contributed by atoms with van der Waals surface area (Å²) in [5.41, 5.74) is 5.60. The van der Waals surface area contributed by atoms with Crippen LogP contribution in [0.15, 0.2) is 0 Å². The molecule has 13 heavy (non-hydrogen) atoms. The van der Waals surface area contributed by atoms with Gasteiger partial charge in [0.2, 0.25) is 5.91 Å². The molecule has 0 rings (SSSR count). The van der Waals surface area contributed by atoms with Gasteiger partial charge in [-0.05, 0) is 13.3 Å². The summed E-state index contributed by atoms with van der Waals surface area (Å²) in [5.74, 6) is 2.36. The van der Waals surface area contributed by atoms with Gasteiger partial charge in [-0.25, -0.2) is 0 Å². The molecule has 0 aromatic carbocycles. The molecule has 0 saturated carbocycles. The molecule has 1 atom stereocenters. The fraction of sp³-hybridized carbons (Fsp3) is 0.700. The molecular formula is C10H18N2O. The van der Waals surface area contributed by atoms with Crippen molar-refractivity contribution in [3.8, 4) is 12.3 Å². The van der Waals surface area contributed by atoms with Gasteiger partial charge in [0.1, 0.15) is 0 Å². The summed E-state index contributed by atoms with van der Waals surface area (Å²) >= 11 is 0. The van der Waals surface area contributed by atoms with Crippen molar-refractivity contribution in [1.82, 2.24) is 4.90 Å². The van der Waals surface area contributed by atoms with Gasteiger partial charge in [-0.1, -0.05) is 6.92 Å². The molecule has 0 aromatic rings. The van der Waals surface area contributed by atoms with Gasteiger partial charge in [0.05, 0.1) is 6.04 Å². The molecular weight excluding hydrogens is 164 g/mol. The van der Waals surface area contributed by atoms with Crippen LogP contribution in [0, 0.1) is 12.3 Å². The van der Waals surface area contributed by atoms with Crippen LogP contribution in [-0.2, 0) is 4.79 Å². The van der Waals surface area contributed by atoms with E-state index >= 15 is 0 Å². The van der Waals surface area contributed by atoms with Gasteiger partial charge in [-0.3, -0.25) is 4.79 Å². The van der Waals surface area contributed by atoms with Crippen molar-refractivity contribution < 1.29 is 4.79 Å². The van der Waals surface area contributed by atoms with Crippen LogP contribution >= 0.6 is 0 Å². The van der Waals surface area contributed by atoms with Crippen LogP contribution in [0.5, 0.6) is 0 Å². The van der Waals surface area contributed by atoms with Crippen molar-refractivity contribution in [2.24, 2.45) is 5.73 Å². The van der Waals surface area contributed by atoms with Crippen molar-refractivity contribution in [2.75, 3.05) is 13.1 Å². The van der Waals surface area contributed by atoms with Crippen LogP contribution in [0.25, 0.3) is 0 Å². The van der Waals surface area contributed by atoms with E-state index in [1.165, 1.54) is 0 Å². The Morgan fingerprint density at radius 3 is 2.62 bits per heavy atom. The lowest BCUT2D eigenvalue weighted by molar-refractivity contribution is -0.132. The van der Waals surface area contributed by atoms with Gasteiger partial charge in [-0.15, -0.1) is 12.3 Å². The van der Waals surface area contributed by atoms with Crippen LogP contribution in [0.3, 0.4) is 0 Å². The van der Waals surface area contributed by atoms with Crippen molar-refractivity contribution in [2.45, 2.75) is 32.7 Å². The predicted octanol–water partition coefficient (Wildman–Crippen LogP) is 0.595. The molecule has 3 nitrogen and oxygen atoms in total. The zero-order chi connectivity index (χ0) is 10.3. The van der Waals surface area contributed by atoms with Crippen molar-refractivity contribution in [3.63, 3.8) is 0 Å². The lowest BCUT2D eigenvalue weighted by Gasteiger charge is -2.22. The zero-order valence-corrected chi connectivity index (χ0v) is 8.42. The highest BCUT2D eigenvalue weighted by Crippen LogP contribution is 1.97. The first kappa shape index (κ1) is 12.0.